The average molecular weight is 115 g/mol. The third-order valence-corrected chi connectivity index (χ3v) is 0.641. The molecule has 3 heteroatoms. The lowest BCUT2D eigenvalue weighted by Gasteiger charge is -1.99. The maximum atomic E-state index is 8.18. The van der Waals surface area contributed by atoms with E-state index in [0.717, 1.165) is 0 Å². The van der Waals surface area contributed by atoms with Crippen molar-refractivity contribution in [1.29, 1.82) is 5.26 Å². The first kappa shape index (κ1) is 7.41. The molecule has 0 radical (unpaired) electrons. The number of aliphatic hydroxyl groups excluding tert-OH is 1. The van der Waals surface area contributed by atoms with Gasteiger partial charge in [0.25, 0.3) is 0 Å². The summed E-state index contributed by atoms with van der Waals surface area (Å²) in [6.07, 6.45) is -0.401. The molecule has 0 saturated carbocycles. The van der Waals surface area contributed by atoms with Crippen LogP contribution in [0.15, 0.2) is 0 Å². The molecule has 0 saturated heterocycles. The van der Waals surface area contributed by atoms with Crippen LogP contribution in [0.25, 0.3) is 0 Å². The van der Waals surface area contributed by atoms with E-state index < -0.39 is 6.10 Å². The molecule has 0 aliphatic heterocycles. The fourth-order valence-corrected chi connectivity index (χ4v) is 0.267. The molecule has 0 aliphatic carbocycles. The van der Waals surface area contributed by atoms with Crippen molar-refractivity contribution in [3.8, 4) is 6.07 Å². The maximum absolute atomic E-state index is 8.18. The van der Waals surface area contributed by atoms with Crippen molar-refractivity contribution in [3.05, 3.63) is 0 Å². The monoisotopic (exact) mass is 115 g/mol. The Morgan fingerprint density at radius 2 is 2.50 bits per heavy atom. The highest BCUT2D eigenvalue weighted by molar-refractivity contribution is 4.78. The van der Waals surface area contributed by atoms with Gasteiger partial charge in [0.1, 0.15) is 6.10 Å². The van der Waals surface area contributed by atoms with Gasteiger partial charge >= 0.3 is 0 Å². The number of hydrogen-bond donors (Lipinski definition) is 1. The van der Waals surface area contributed by atoms with Crippen LogP contribution in [0, 0.1) is 11.3 Å². The predicted molar refractivity (Wildman–Crippen MR) is 28.1 cm³/mol. The topological polar surface area (TPSA) is 53.2 Å². The largest absolute Gasteiger partial charge is 0.394 e. The summed E-state index contributed by atoms with van der Waals surface area (Å²) in [6.45, 7) is 1.86. The van der Waals surface area contributed by atoms with Crippen LogP contribution in [0.1, 0.15) is 6.92 Å². The molecule has 0 unspecified atom stereocenters. The Morgan fingerprint density at radius 1 is 1.88 bits per heavy atom. The minimum absolute atomic E-state index is 0.0218. The summed E-state index contributed by atoms with van der Waals surface area (Å²) < 4.78 is 4.73. The third kappa shape index (κ3) is 3.59. The second-order valence-electron chi connectivity index (χ2n) is 1.37. The second-order valence-corrected chi connectivity index (χ2v) is 1.37. The molecule has 0 heterocycles. The molecule has 0 aliphatic rings. The van der Waals surface area contributed by atoms with Crippen molar-refractivity contribution in [2.24, 2.45) is 0 Å². The van der Waals surface area contributed by atoms with Crippen LogP contribution in [0.4, 0.5) is 0 Å². The lowest BCUT2D eigenvalue weighted by Crippen LogP contribution is -2.08. The van der Waals surface area contributed by atoms with Gasteiger partial charge in [-0.3, -0.25) is 0 Å². The first-order valence-corrected chi connectivity index (χ1v) is 2.43. The molecule has 0 spiro atoms. The molecule has 1 atom stereocenters. The van der Waals surface area contributed by atoms with Gasteiger partial charge in [-0.15, -0.1) is 0 Å². The van der Waals surface area contributed by atoms with Crippen molar-refractivity contribution in [1.82, 2.24) is 0 Å². The fraction of sp³-hybridized carbons (Fsp3) is 0.800. The van der Waals surface area contributed by atoms with Crippen molar-refractivity contribution in [2.45, 2.75) is 13.0 Å². The molecule has 3 nitrogen and oxygen atoms in total. The molecular formula is C5H9NO2. The SMILES string of the molecule is C[C@H](C#N)OCCO. The van der Waals surface area contributed by atoms with Crippen LogP contribution in [0.2, 0.25) is 0 Å². The lowest BCUT2D eigenvalue weighted by atomic mass is 10.5. The predicted octanol–water partition coefficient (Wildman–Crippen LogP) is -0.0926. The first-order chi connectivity index (χ1) is 3.81. The van der Waals surface area contributed by atoms with E-state index in [4.69, 9.17) is 15.1 Å². The second kappa shape index (κ2) is 4.57. The molecule has 8 heavy (non-hydrogen) atoms. The molecule has 1 N–H and O–H groups in total. The van der Waals surface area contributed by atoms with Gasteiger partial charge in [0.2, 0.25) is 0 Å². The van der Waals surface area contributed by atoms with Crippen molar-refractivity contribution < 1.29 is 9.84 Å². The molecule has 0 amide bonds. The number of nitriles is 1. The average Bonchev–Trinajstić information content (AvgIpc) is 1.83. The van der Waals surface area contributed by atoms with E-state index in [-0.39, 0.29) is 13.2 Å². The number of aliphatic hydroxyl groups is 1. The maximum Gasteiger partial charge on any atom is 0.141 e. The van der Waals surface area contributed by atoms with Gasteiger partial charge in [-0.05, 0) is 6.92 Å². The Hall–Kier alpha value is -0.590. The minimum Gasteiger partial charge on any atom is -0.394 e. The molecule has 0 bridgehead atoms. The summed E-state index contributed by atoms with van der Waals surface area (Å²) in [6, 6.07) is 1.87. The Labute approximate surface area is 48.5 Å². The molecule has 46 valence electrons. The van der Waals surface area contributed by atoms with Gasteiger partial charge in [-0.25, -0.2) is 0 Å². The Bertz CT molecular complexity index is 86.9. The molecule has 0 aromatic rings. The summed E-state index contributed by atoms with van der Waals surface area (Å²) in [5.74, 6) is 0. The summed E-state index contributed by atoms with van der Waals surface area (Å²) in [4.78, 5) is 0. The van der Waals surface area contributed by atoms with Crippen LogP contribution >= 0.6 is 0 Å². The summed E-state index contributed by atoms with van der Waals surface area (Å²) >= 11 is 0. The lowest BCUT2D eigenvalue weighted by molar-refractivity contribution is 0.0678. The van der Waals surface area contributed by atoms with Crippen LogP contribution < -0.4 is 0 Å². The summed E-state index contributed by atoms with van der Waals surface area (Å²) in [5.41, 5.74) is 0. The van der Waals surface area contributed by atoms with Crippen LogP contribution in [0.5, 0.6) is 0 Å². The third-order valence-electron chi connectivity index (χ3n) is 0.641. The number of nitrogens with zero attached hydrogens (tertiary/aromatic N) is 1. The number of rotatable bonds is 3. The Kier molecular flexibility index (Phi) is 4.23. The van der Waals surface area contributed by atoms with Crippen molar-refractivity contribution in [3.63, 3.8) is 0 Å². The smallest absolute Gasteiger partial charge is 0.141 e. The zero-order chi connectivity index (χ0) is 6.41. The first-order valence-electron chi connectivity index (χ1n) is 2.43. The van der Waals surface area contributed by atoms with Gasteiger partial charge in [-0.2, -0.15) is 5.26 Å². The van der Waals surface area contributed by atoms with Gasteiger partial charge in [-0.1, -0.05) is 0 Å². The van der Waals surface area contributed by atoms with Gasteiger partial charge in [0.05, 0.1) is 19.3 Å². The van der Waals surface area contributed by atoms with Crippen molar-refractivity contribution in [2.75, 3.05) is 13.2 Å². The molecule has 0 fully saturated rings. The van der Waals surface area contributed by atoms with Gasteiger partial charge < -0.3 is 9.84 Å². The van der Waals surface area contributed by atoms with Gasteiger partial charge in [0.15, 0.2) is 0 Å². The summed E-state index contributed by atoms with van der Waals surface area (Å²) in [7, 11) is 0. The van der Waals surface area contributed by atoms with E-state index in [1.54, 1.807) is 6.92 Å². The molecule has 0 aromatic heterocycles. The highest BCUT2D eigenvalue weighted by atomic mass is 16.5. The zero-order valence-corrected chi connectivity index (χ0v) is 4.79. The van der Waals surface area contributed by atoms with Crippen LogP contribution in [0.3, 0.4) is 0 Å². The standard InChI is InChI=1S/C5H9NO2/c1-5(4-6)8-3-2-7/h5,7H,2-3H2,1H3/t5-/m1/s1. The molecule has 0 rings (SSSR count). The van der Waals surface area contributed by atoms with Crippen LogP contribution in [-0.4, -0.2) is 24.4 Å². The van der Waals surface area contributed by atoms with E-state index in [2.05, 4.69) is 0 Å². The van der Waals surface area contributed by atoms with E-state index in [1.165, 1.54) is 0 Å². The van der Waals surface area contributed by atoms with E-state index in [0.29, 0.717) is 0 Å². The Morgan fingerprint density at radius 3 is 2.88 bits per heavy atom. The number of hydrogen-bond acceptors (Lipinski definition) is 3. The quantitative estimate of drug-likeness (QED) is 0.559. The zero-order valence-electron chi connectivity index (χ0n) is 4.79. The van der Waals surface area contributed by atoms with Crippen molar-refractivity contribution >= 4 is 0 Å². The van der Waals surface area contributed by atoms with E-state index in [1.807, 2.05) is 6.07 Å². The normalized spacial score (nSPS) is 12.6. The fourth-order valence-electron chi connectivity index (χ4n) is 0.267. The van der Waals surface area contributed by atoms with E-state index >= 15 is 0 Å². The minimum atomic E-state index is -0.401. The Balaban J connectivity index is 3.02. The van der Waals surface area contributed by atoms with Gasteiger partial charge in [0, 0.05) is 0 Å². The summed E-state index contributed by atoms with van der Waals surface area (Å²) in [5, 5.41) is 16.3. The van der Waals surface area contributed by atoms with Crippen LogP contribution in [-0.2, 0) is 4.74 Å². The highest BCUT2D eigenvalue weighted by Gasteiger charge is 1.94. The highest BCUT2D eigenvalue weighted by Crippen LogP contribution is 1.84. The molecule has 0 aromatic carbocycles. The molecular weight excluding hydrogens is 106 g/mol. The van der Waals surface area contributed by atoms with E-state index in [9.17, 15) is 0 Å². The number of ether oxygens (including phenoxy) is 1.